The Bertz CT molecular complexity index is 767. The lowest BCUT2D eigenvalue weighted by atomic mass is 10.1. The highest BCUT2D eigenvalue weighted by Gasteiger charge is 2.14. The monoisotopic (exact) mass is 425 g/mol. The maximum Gasteiger partial charge on any atom is 0.132 e. The van der Waals surface area contributed by atoms with Crippen LogP contribution < -0.4 is 4.90 Å². The SMILES string of the molecule is CCC(=O)CCCCCCc1nc2c(C)cc(N(CCCl)CCCl)cc2n1C. The normalized spacial score (nSPS) is 11.3. The van der Waals surface area contributed by atoms with Crippen LogP contribution >= 0.6 is 23.2 Å². The molecule has 6 heteroatoms. The van der Waals surface area contributed by atoms with Gasteiger partial charge in [-0.25, -0.2) is 4.98 Å². The van der Waals surface area contributed by atoms with E-state index in [0.717, 1.165) is 74.2 Å². The van der Waals surface area contributed by atoms with E-state index in [1.54, 1.807) is 0 Å². The second-order valence-corrected chi connectivity index (χ2v) is 8.14. The van der Waals surface area contributed by atoms with Gasteiger partial charge >= 0.3 is 0 Å². The first-order valence-electron chi connectivity index (χ1n) is 10.4. The average molecular weight is 426 g/mol. The van der Waals surface area contributed by atoms with E-state index in [1.807, 2.05) is 6.92 Å². The summed E-state index contributed by atoms with van der Waals surface area (Å²) in [5, 5.41) is 0. The number of rotatable bonds is 13. The molecule has 0 unspecified atom stereocenters. The maximum absolute atomic E-state index is 11.4. The average Bonchev–Trinajstić information content (AvgIpc) is 3.00. The number of imidazole rings is 1. The highest BCUT2D eigenvalue weighted by atomic mass is 35.5. The van der Waals surface area contributed by atoms with Crippen molar-refractivity contribution in [2.24, 2.45) is 7.05 Å². The number of carbonyl (C=O) groups excluding carboxylic acids is 1. The third-order valence-corrected chi connectivity index (χ3v) is 5.67. The van der Waals surface area contributed by atoms with Gasteiger partial charge in [0.15, 0.2) is 0 Å². The lowest BCUT2D eigenvalue weighted by Gasteiger charge is -2.23. The third-order valence-electron chi connectivity index (χ3n) is 5.33. The number of anilines is 1. The summed E-state index contributed by atoms with van der Waals surface area (Å²) < 4.78 is 2.21. The van der Waals surface area contributed by atoms with Crippen LogP contribution in [0.15, 0.2) is 12.1 Å². The zero-order valence-electron chi connectivity index (χ0n) is 17.4. The third kappa shape index (κ3) is 6.12. The number of aryl methyl sites for hydroxylation is 3. The first-order chi connectivity index (χ1) is 13.5. The summed E-state index contributed by atoms with van der Waals surface area (Å²) in [6.07, 6.45) is 6.73. The van der Waals surface area contributed by atoms with Crippen LogP contribution in [0.3, 0.4) is 0 Å². The van der Waals surface area contributed by atoms with Crippen molar-refractivity contribution in [3.8, 4) is 0 Å². The van der Waals surface area contributed by atoms with Crippen LogP contribution in [-0.2, 0) is 18.3 Å². The molecule has 0 aliphatic carbocycles. The van der Waals surface area contributed by atoms with E-state index in [-0.39, 0.29) is 0 Å². The fourth-order valence-corrected chi connectivity index (χ4v) is 4.01. The predicted molar refractivity (Wildman–Crippen MR) is 121 cm³/mol. The summed E-state index contributed by atoms with van der Waals surface area (Å²) in [5.41, 5.74) is 4.57. The molecule has 0 fully saturated rings. The molecular weight excluding hydrogens is 393 g/mol. The topological polar surface area (TPSA) is 38.1 Å². The smallest absolute Gasteiger partial charge is 0.132 e. The molecule has 0 aliphatic heterocycles. The number of hydrogen-bond donors (Lipinski definition) is 0. The molecule has 1 aromatic carbocycles. The number of hydrogen-bond acceptors (Lipinski definition) is 3. The first-order valence-corrected chi connectivity index (χ1v) is 11.4. The van der Waals surface area contributed by atoms with Crippen LogP contribution in [-0.4, -0.2) is 40.2 Å². The second kappa shape index (κ2) is 11.7. The first kappa shape index (κ1) is 23.0. The van der Waals surface area contributed by atoms with E-state index in [1.165, 1.54) is 5.56 Å². The number of nitrogens with zero attached hydrogens (tertiary/aromatic N) is 3. The van der Waals surface area contributed by atoms with Crippen LogP contribution in [0.4, 0.5) is 5.69 Å². The summed E-state index contributed by atoms with van der Waals surface area (Å²) in [6, 6.07) is 4.39. The Morgan fingerprint density at radius 2 is 1.79 bits per heavy atom. The minimum absolute atomic E-state index is 0.374. The quantitative estimate of drug-likeness (QED) is 0.307. The minimum atomic E-state index is 0.374. The van der Waals surface area contributed by atoms with Crippen molar-refractivity contribution in [1.82, 2.24) is 9.55 Å². The van der Waals surface area contributed by atoms with Crippen LogP contribution in [0.2, 0.25) is 0 Å². The van der Waals surface area contributed by atoms with Crippen molar-refractivity contribution in [1.29, 1.82) is 0 Å². The van der Waals surface area contributed by atoms with Gasteiger partial charge in [0.2, 0.25) is 0 Å². The highest BCUT2D eigenvalue weighted by Crippen LogP contribution is 2.27. The van der Waals surface area contributed by atoms with Crippen LogP contribution in [0, 0.1) is 6.92 Å². The number of Topliss-reactive ketones (excluding diaryl/α,β-unsaturated/α-hetero) is 1. The Balaban J connectivity index is 2.05. The van der Waals surface area contributed by atoms with Crippen molar-refractivity contribution in [2.45, 2.75) is 58.8 Å². The van der Waals surface area contributed by atoms with Gasteiger partial charge in [-0.3, -0.25) is 4.79 Å². The summed E-state index contributed by atoms with van der Waals surface area (Å²) in [4.78, 5) is 18.5. The summed E-state index contributed by atoms with van der Waals surface area (Å²) in [5.74, 6) is 2.66. The van der Waals surface area contributed by atoms with Gasteiger partial charge in [-0.05, 0) is 37.5 Å². The van der Waals surface area contributed by atoms with Crippen LogP contribution in [0.5, 0.6) is 0 Å². The van der Waals surface area contributed by atoms with E-state index in [2.05, 4.69) is 35.6 Å². The summed E-state index contributed by atoms with van der Waals surface area (Å²) >= 11 is 11.9. The molecule has 2 aromatic rings. The molecule has 0 aliphatic rings. The number of halogens is 2. The lowest BCUT2D eigenvalue weighted by molar-refractivity contribution is -0.118. The lowest BCUT2D eigenvalue weighted by Crippen LogP contribution is -2.27. The van der Waals surface area contributed by atoms with Gasteiger partial charge in [0.1, 0.15) is 11.6 Å². The van der Waals surface area contributed by atoms with Gasteiger partial charge in [0, 0.05) is 56.8 Å². The Kier molecular flexibility index (Phi) is 9.60. The molecule has 0 saturated heterocycles. The predicted octanol–water partition coefficient (Wildman–Crippen LogP) is 5.64. The van der Waals surface area contributed by atoms with Gasteiger partial charge in [0.05, 0.1) is 11.0 Å². The maximum atomic E-state index is 11.4. The second-order valence-electron chi connectivity index (χ2n) is 7.39. The molecule has 0 atom stereocenters. The molecular formula is C22H33Cl2N3O. The number of fused-ring (bicyclic) bond motifs is 1. The van der Waals surface area contributed by atoms with E-state index in [9.17, 15) is 4.79 Å². The van der Waals surface area contributed by atoms with Crippen molar-refractivity contribution in [2.75, 3.05) is 29.7 Å². The Labute approximate surface area is 179 Å². The molecule has 0 saturated carbocycles. The van der Waals surface area contributed by atoms with Crippen molar-refractivity contribution < 1.29 is 4.79 Å². The minimum Gasteiger partial charge on any atom is -0.369 e. The van der Waals surface area contributed by atoms with E-state index in [4.69, 9.17) is 28.2 Å². The Morgan fingerprint density at radius 3 is 2.43 bits per heavy atom. The largest absolute Gasteiger partial charge is 0.369 e. The number of aromatic nitrogens is 2. The molecule has 28 heavy (non-hydrogen) atoms. The van der Waals surface area contributed by atoms with E-state index >= 15 is 0 Å². The van der Waals surface area contributed by atoms with Crippen molar-refractivity contribution >= 4 is 45.7 Å². The number of ketones is 1. The summed E-state index contributed by atoms with van der Waals surface area (Å²) in [6.45, 7) is 5.62. The van der Waals surface area contributed by atoms with Gasteiger partial charge in [-0.15, -0.1) is 23.2 Å². The highest BCUT2D eigenvalue weighted by molar-refractivity contribution is 6.18. The standard InChI is InChI=1S/C22H33Cl2N3O/c1-4-19(28)9-7-5-6-8-10-21-25-22-17(2)15-18(16-20(22)26(21)3)27(13-11-23)14-12-24/h15-16H,4-14H2,1-3H3. The molecule has 0 N–H and O–H groups in total. The molecule has 1 heterocycles. The molecule has 0 bridgehead atoms. The number of unbranched alkanes of at least 4 members (excludes halogenated alkanes) is 3. The summed E-state index contributed by atoms with van der Waals surface area (Å²) in [7, 11) is 2.10. The zero-order valence-corrected chi connectivity index (χ0v) is 19.0. The zero-order chi connectivity index (χ0) is 20.5. The van der Waals surface area contributed by atoms with Gasteiger partial charge in [-0.1, -0.05) is 19.8 Å². The van der Waals surface area contributed by atoms with Gasteiger partial charge in [-0.2, -0.15) is 0 Å². The van der Waals surface area contributed by atoms with Crippen LogP contribution in [0.1, 0.15) is 56.8 Å². The van der Waals surface area contributed by atoms with Crippen molar-refractivity contribution in [3.63, 3.8) is 0 Å². The molecule has 0 radical (unpaired) electrons. The molecule has 2 rings (SSSR count). The van der Waals surface area contributed by atoms with Gasteiger partial charge < -0.3 is 9.47 Å². The Morgan fingerprint density at radius 1 is 1.11 bits per heavy atom. The number of carbonyl (C=O) groups is 1. The van der Waals surface area contributed by atoms with Crippen molar-refractivity contribution in [3.05, 3.63) is 23.5 Å². The van der Waals surface area contributed by atoms with Crippen LogP contribution in [0.25, 0.3) is 11.0 Å². The van der Waals surface area contributed by atoms with E-state index in [0.29, 0.717) is 24.0 Å². The number of alkyl halides is 2. The molecule has 0 spiro atoms. The fourth-order valence-electron chi connectivity index (χ4n) is 3.60. The van der Waals surface area contributed by atoms with Gasteiger partial charge in [0.25, 0.3) is 0 Å². The molecule has 4 nitrogen and oxygen atoms in total. The molecule has 156 valence electrons. The molecule has 0 amide bonds. The molecule has 1 aromatic heterocycles. The van der Waals surface area contributed by atoms with E-state index < -0.39 is 0 Å². The fraction of sp³-hybridized carbons (Fsp3) is 0.636. The Hall–Kier alpha value is -1.26. The number of benzene rings is 1.